The molecule has 0 aliphatic heterocycles. The number of hydrogen-bond donors (Lipinski definition) is 1. The third kappa shape index (κ3) is 4.77. The molecule has 5 nitrogen and oxygen atoms in total. The van der Waals surface area contributed by atoms with Gasteiger partial charge < -0.3 is 14.8 Å². The Balaban J connectivity index is 2.48. The van der Waals surface area contributed by atoms with Crippen LogP contribution in [0, 0.1) is 5.92 Å². The maximum atomic E-state index is 11.6. The second-order valence-electron chi connectivity index (χ2n) is 5.37. The molecule has 18 heavy (non-hydrogen) atoms. The second kappa shape index (κ2) is 5.89. The molecule has 1 rings (SSSR count). The maximum absolute atomic E-state index is 11.6. The number of carbonyl (C=O) groups is 2. The Morgan fingerprint density at radius 2 is 2.00 bits per heavy atom. The van der Waals surface area contributed by atoms with Gasteiger partial charge in [0.25, 0.3) is 0 Å². The van der Waals surface area contributed by atoms with E-state index in [9.17, 15) is 9.59 Å². The van der Waals surface area contributed by atoms with Gasteiger partial charge in [-0.25, -0.2) is 4.79 Å². The van der Waals surface area contributed by atoms with Crippen LogP contribution in [-0.4, -0.2) is 30.8 Å². The van der Waals surface area contributed by atoms with Crippen LogP contribution in [0.1, 0.15) is 33.6 Å². The molecule has 1 N–H and O–H groups in total. The van der Waals surface area contributed by atoms with Crippen molar-refractivity contribution in [1.82, 2.24) is 5.32 Å². The van der Waals surface area contributed by atoms with Crippen molar-refractivity contribution in [3.8, 4) is 0 Å². The molecule has 1 amide bonds. The molecule has 0 aromatic heterocycles. The lowest BCUT2D eigenvalue weighted by Crippen LogP contribution is -2.41. The van der Waals surface area contributed by atoms with Crippen LogP contribution in [0.15, 0.2) is 12.2 Å². The molecule has 1 aliphatic rings. The zero-order valence-corrected chi connectivity index (χ0v) is 11.4. The summed E-state index contributed by atoms with van der Waals surface area (Å²) in [5, 5.41) is 2.73. The van der Waals surface area contributed by atoms with Crippen molar-refractivity contribution >= 4 is 12.1 Å². The largest absolute Gasteiger partial charge is 0.469 e. The van der Waals surface area contributed by atoms with Crippen molar-refractivity contribution in [1.29, 1.82) is 0 Å². The lowest BCUT2D eigenvalue weighted by Gasteiger charge is -2.26. The minimum Gasteiger partial charge on any atom is -0.469 e. The van der Waals surface area contributed by atoms with Gasteiger partial charge in [-0.1, -0.05) is 12.2 Å². The highest BCUT2D eigenvalue weighted by Crippen LogP contribution is 2.20. The molecule has 0 unspecified atom stereocenters. The standard InChI is InChI=1S/C13H21NO4/c1-13(2,3)18-12(16)14-10-7-5-6-9(8-10)11(15)17-4/h5,7,9-10H,6,8H2,1-4H3,(H,14,16)/t9-,10-/m1/s1. The van der Waals surface area contributed by atoms with E-state index in [1.807, 2.05) is 12.2 Å². The van der Waals surface area contributed by atoms with E-state index in [4.69, 9.17) is 9.47 Å². The topological polar surface area (TPSA) is 64.6 Å². The molecule has 1 aliphatic carbocycles. The third-order valence-electron chi connectivity index (χ3n) is 2.56. The van der Waals surface area contributed by atoms with Crippen LogP contribution in [0.4, 0.5) is 4.79 Å². The van der Waals surface area contributed by atoms with Crippen molar-refractivity contribution in [2.75, 3.05) is 7.11 Å². The second-order valence-corrected chi connectivity index (χ2v) is 5.37. The normalized spacial score (nSPS) is 23.3. The molecule has 0 fully saturated rings. The number of hydrogen-bond acceptors (Lipinski definition) is 4. The molecule has 0 radical (unpaired) electrons. The SMILES string of the molecule is COC(=O)[C@@H]1CC=C[C@@H](NC(=O)OC(C)(C)C)C1. The number of nitrogens with one attached hydrogen (secondary N) is 1. The predicted octanol–water partition coefficient (Wildman–Crippen LogP) is 2.02. The van der Waals surface area contributed by atoms with Gasteiger partial charge in [-0.15, -0.1) is 0 Å². The summed E-state index contributed by atoms with van der Waals surface area (Å²) in [6.07, 6.45) is 4.49. The average Bonchev–Trinajstić information content (AvgIpc) is 2.25. The molecular formula is C13H21NO4. The van der Waals surface area contributed by atoms with Gasteiger partial charge in [0, 0.05) is 0 Å². The van der Waals surface area contributed by atoms with Crippen molar-refractivity contribution in [3.63, 3.8) is 0 Å². The molecule has 0 heterocycles. The monoisotopic (exact) mass is 255 g/mol. The lowest BCUT2D eigenvalue weighted by molar-refractivity contribution is -0.145. The number of rotatable bonds is 2. The zero-order valence-electron chi connectivity index (χ0n) is 11.4. The highest BCUT2D eigenvalue weighted by atomic mass is 16.6. The van der Waals surface area contributed by atoms with E-state index in [0.29, 0.717) is 12.8 Å². The van der Waals surface area contributed by atoms with Gasteiger partial charge >= 0.3 is 12.1 Å². The zero-order chi connectivity index (χ0) is 13.8. The summed E-state index contributed by atoms with van der Waals surface area (Å²) in [6.45, 7) is 5.42. The van der Waals surface area contributed by atoms with Crippen LogP contribution in [0.25, 0.3) is 0 Å². The number of esters is 1. The molecule has 0 saturated heterocycles. The summed E-state index contributed by atoms with van der Waals surface area (Å²) in [5.41, 5.74) is -0.524. The van der Waals surface area contributed by atoms with E-state index in [2.05, 4.69) is 5.32 Å². The minimum absolute atomic E-state index is 0.183. The van der Waals surface area contributed by atoms with Gasteiger partial charge in [-0.05, 0) is 33.6 Å². The summed E-state index contributed by atoms with van der Waals surface area (Å²) in [5.74, 6) is -0.435. The molecule has 0 bridgehead atoms. The molecule has 102 valence electrons. The van der Waals surface area contributed by atoms with Crippen molar-refractivity contribution < 1.29 is 19.1 Å². The van der Waals surface area contributed by atoms with Crippen LogP contribution in [0.3, 0.4) is 0 Å². The number of carbonyl (C=O) groups excluding carboxylic acids is 2. The highest BCUT2D eigenvalue weighted by Gasteiger charge is 2.26. The smallest absolute Gasteiger partial charge is 0.408 e. The fourth-order valence-electron chi connectivity index (χ4n) is 1.81. The first-order chi connectivity index (χ1) is 8.31. The summed E-state index contributed by atoms with van der Waals surface area (Å²) in [7, 11) is 1.37. The van der Waals surface area contributed by atoms with Gasteiger partial charge in [0.2, 0.25) is 0 Å². The lowest BCUT2D eigenvalue weighted by atomic mass is 9.91. The molecule has 0 spiro atoms. The molecular weight excluding hydrogens is 234 g/mol. The molecule has 0 aromatic rings. The first kappa shape index (κ1) is 14.5. The summed E-state index contributed by atoms with van der Waals surface area (Å²) in [6, 6.07) is -0.183. The van der Waals surface area contributed by atoms with E-state index >= 15 is 0 Å². The Morgan fingerprint density at radius 1 is 1.33 bits per heavy atom. The highest BCUT2D eigenvalue weighted by molar-refractivity contribution is 5.73. The number of ether oxygens (including phenoxy) is 2. The molecule has 2 atom stereocenters. The Labute approximate surface area is 108 Å². The minimum atomic E-state index is -0.524. The van der Waals surface area contributed by atoms with Crippen LogP contribution in [0.5, 0.6) is 0 Å². The van der Waals surface area contributed by atoms with Gasteiger partial charge in [0.1, 0.15) is 5.60 Å². The fourth-order valence-corrected chi connectivity index (χ4v) is 1.81. The number of amides is 1. The van der Waals surface area contributed by atoms with Crippen LogP contribution >= 0.6 is 0 Å². The summed E-state index contributed by atoms with van der Waals surface area (Å²) < 4.78 is 9.87. The Morgan fingerprint density at radius 3 is 2.56 bits per heavy atom. The van der Waals surface area contributed by atoms with Gasteiger partial charge in [-0.3, -0.25) is 4.79 Å². The fraction of sp³-hybridized carbons (Fsp3) is 0.692. The van der Waals surface area contributed by atoms with E-state index < -0.39 is 11.7 Å². The number of methoxy groups -OCH3 is 1. The Bertz CT molecular complexity index is 343. The average molecular weight is 255 g/mol. The Hall–Kier alpha value is -1.52. The van der Waals surface area contributed by atoms with Crippen LogP contribution in [0.2, 0.25) is 0 Å². The van der Waals surface area contributed by atoms with Crippen molar-refractivity contribution in [3.05, 3.63) is 12.2 Å². The van der Waals surface area contributed by atoms with Gasteiger partial charge in [0.05, 0.1) is 19.1 Å². The first-order valence-corrected chi connectivity index (χ1v) is 6.06. The predicted molar refractivity (Wildman–Crippen MR) is 67.0 cm³/mol. The third-order valence-corrected chi connectivity index (χ3v) is 2.56. The molecule has 5 heteroatoms. The van der Waals surface area contributed by atoms with Crippen molar-refractivity contribution in [2.45, 2.75) is 45.3 Å². The quantitative estimate of drug-likeness (QED) is 0.605. The molecule has 0 saturated carbocycles. The van der Waals surface area contributed by atoms with E-state index in [-0.39, 0.29) is 17.9 Å². The van der Waals surface area contributed by atoms with Gasteiger partial charge in [-0.2, -0.15) is 0 Å². The number of allylic oxidation sites excluding steroid dienone is 1. The van der Waals surface area contributed by atoms with E-state index in [0.717, 1.165) is 0 Å². The Kier molecular flexibility index (Phi) is 4.76. The van der Waals surface area contributed by atoms with E-state index in [1.165, 1.54) is 7.11 Å². The van der Waals surface area contributed by atoms with Crippen molar-refractivity contribution in [2.24, 2.45) is 5.92 Å². The van der Waals surface area contributed by atoms with Crippen LogP contribution < -0.4 is 5.32 Å². The van der Waals surface area contributed by atoms with E-state index in [1.54, 1.807) is 20.8 Å². The number of alkyl carbamates (subject to hydrolysis) is 1. The first-order valence-electron chi connectivity index (χ1n) is 6.06. The summed E-state index contributed by atoms with van der Waals surface area (Å²) >= 11 is 0. The summed E-state index contributed by atoms with van der Waals surface area (Å²) in [4.78, 5) is 23.0. The maximum Gasteiger partial charge on any atom is 0.408 e. The van der Waals surface area contributed by atoms with Gasteiger partial charge in [0.15, 0.2) is 0 Å². The molecule has 0 aromatic carbocycles. The van der Waals surface area contributed by atoms with Crippen LogP contribution in [-0.2, 0) is 14.3 Å².